The van der Waals surface area contributed by atoms with E-state index in [2.05, 4.69) is 35.8 Å². The van der Waals surface area contributed by atoms with Crippen molar-refractivity contribution in [2.45, 2.75) is 32.7 Å². The first-order chi connectivity index (χ1) is 18.6. The average Bonchev–Trinajstić information content (AvgIpc) is 3.37. The van der Waals surface area contributed by atoms with E-state index in [0.29, 0.717) is 29.8 Å². The Balaban J connectivity index is 0.00000115. The van der Waals surface area contributed by atoms with Crippen LogP contribution in [-0.2, 0) is 9.31 Å². The molecule has 3 atom stereocenters. The van der Waals surface area contributed by atoms with E-state index in [1.165, 1.54) is 6.07 Å². The zero-order valence-electron chi connectivity index (χ0n) is 21.9. The molecule has 0 aromatic heterocycles. The van der Waals surface area contributed by atoms with Crippen molar-refractivity contribution in [3.63, 3.8) is 0 Å². The number of halogens is 1. The van der Waals surface area contributed by atoms with E-state index in [4.69, 9.17) is 14.3 Å². The van der Waals surface area contributed by atoms with Crippen molar-refractivity contribution in [2.75, 3.05) is 0 Å². The molecule has 2 heterocycles. The zero-order chi connectivity index (χ0) is 26.6. The second-order valence-corrected chi connectivity index (χ2v) is 19.4. The van der Waals surface area contributed by atoms with E-state index in [0.717, 1.165) is 38.8 Å². The molecule has 6 rings (SSSR count). The van der Waals surface area contributed by atoms with Crippen molar-refractivity contribution in [1.29, 1.82) is 0 Å². The number of benzene rings is 4. The van der Waals surface area contributed by atoms with E-state index in [-0.39, 0.29) is 31.3 Å². The third-order valence-electron chi connectivity index (χ3n) is 6.31. The Bertz CT molecular complexity index is 1510. The van der Waals surface area contributed by atoms with Crippen LogP contribution in [0.2, 0.25) is 0 Å². The van der Waals surface area contributed by atoms with Crippen molar-refractivity contribution >= 4 is 87.6 Å². The molecule has 0 N–H and O–H groups in total. The van der Waals surface area contributed by atoms with Crippen LogP contribution in [0.5, 0.6) is 0 Å². The molecular formula is C30H27BFNO2PS2Tl. The van der Waals surface area contributed by atoms with Crippen molar-refractivity contribution < 1.29 is 13.7 Å². The predicted molar refractivity (Wildman–Crippen MR) is 172 cm³/mol. The van der Waals surface area contributed by atoms with E-state index in [9.17, 15) is 0 Å². The fourth-order valence-corrected chi connectivity index (χ4v) is 13.2. The van der Waals surface area contributed by atoms with E-state index < -0.39 is 14.2 Å². The van der Waals surface area contributed by atoms with Gasteiger partial charge in [0.25, 0.3) is 0 Å². The molecule has 0 aliphatic carbocycles. The maximum atomic E-state index is 15.1. The number of hydrogen-bond donors (Lipinski definition) is 0. The van der Waals surface area contributed by atoms with Crippen LogP contribution >= 0.6 is 28.6 Å². The SMILES string of the molecule is CC.CC1OB2OC1P([S][Tl])C#Cc1c(F)ccc3cc(N=C(c4ccccc4)c4ccccc4)cc2c13.S. The summed E-state index contributed by atoms with van der Waals surface area (Å²) in [7, 11) is 0.453. The molecular weight excluding hydrogens is 736 g/mol. The molecule has 39 heavy (non-hydrogen) atoms. The Morgan fingerprint density at radius 3 is 2.23 bits per heavy atom. The largest absolute Gasteiger partial charge is 0.197 e. The third kappa shape index (κ3) is 6.32. The number of aliphatic imine (C=N–C) groups is 1. The summed E-state index contributed by atoms with van der Waals surface area (Å²) in [5, 5.41) is 1.62. The first-order valence-electron chi connectivity index (χ1n) is 12.6. The molecule has 2 aliphatic rings. The second-order valence-electron chi connectivity index (χ2n) is 8.62. The smallest absolute Gasteiger partial charge is 0.197 e. The van der Waals surface area contributed by atoms with Gasteiger partial charge in [-0.15, -0.1) is 0 Å². The fourth-order valence-electron chi connectivity index (χ4n) is 4.63. The first kappa shape index (κ1) is 30.3. The number of rotatable bonds is 4. The molecule has 2 bridgehead atoms. The van der Waals surface area contributed by atoms with Gasteiger partial charge in [0.05, 0.1) is 0 Å². The molecule has 0 amide bonds. The maximum absolute atomic E-state index is 15.1. The predicted octanol–water partition coefficient (Wildman–Crippen LogP) is 7.28. The van der Waals surface area contributed by atoms with Crippen molar-refractivity contribution in [2.24, 2.45) is 4.99 Å². The summed E-state index contributed by atoms with van der Waals surface area (Å²) in [4.78, 5) is 5.13. The summed E-state index contributed by atoms with van der Waals surface area (Å²) < 4.78 is 27.8. The van der Waals surface area contributed by atoms with Crippen molar-refractivity contribution in [3.8, 4) is 11.6 Å². The summed E-state index contributed by atoms with van der Waals surface area (Å²) in [6, 6.07) is 27.5. The van der Waals surface area contributed by atoms with Crippen molar-refractivity contribution in [3.05, 3.63) is 107 Å². The maximum Gasteiger partial charge on any atom is -0.197 e. The van der Waals surface area contributed by atoms with Gasteiger partial charge in [-0.2, -0.15) is 13.5 Å². The van der Waals surface area contributed by atoms with Gasteiger partial charge in [-0.25, -0.2) is 0 Å². The van der Waals surface area contributed by atoms with Crippen LogP contribution in [0.4, 0.5) is 10.1 Å². The monoisotopic (exact) mass is 763 g/mol. The molecule has 3 nitrogen and oxygen atoms in total. The quantitative estimate of drug-likeness (QED) is 0.0949. The molecule has 4 aromatic carbocycles. The van der Waals surface area contributed by atoms with Gasteiger partial charge >= 0.3 is 194 Å². The van der Waals surface area contributed by atoms with Crippen LogP contribution < -0.4 is 5.46 Å². The minimum Gasteiger partial charge on any atom is -0.197 e. The van der Waals surface area contributed by atoms with Gasteiger partial charge < -0.3 is 0 Å². The summed E-state index contributed by atoms with van der Waals surface area (Å²) in [6.45, 7) is 6.04. The van der Waals surface area contributed by atoms with Gasteiger partial charge in [-0.3, -0.25) is 0 Å². The molecule has 194 valence electrons. The average molecular weight is 763 g/mol. The van der Waals surface area contributed by atoms with Gasteiger partial charge in [0, 0.05) is 0 Å². The normalized spacial score (nSPS) is 18.7. The molecule has 0 radical (unpaired) electrons. The standard InChI is InChI=1S/C28H19BFNO2PS.C2H6.H2S.Tl/c1-18-28-33-29(32-18)24-17-22(16-21-12-13-25(30)23(26(21)24)14-15-34(28)35)31-27(19-8-4-2-5-9-19)20-10-6-3-7-11-20;1-2;;/h2-13,16-18,28H,1H3;1-2H3;1H2;/q-1;;;+1. The molecule has 2 aliphatic heterocycles. The van der Waals surface area contributed by atoms with Gasteiger partial charge in [0.1, 0.15) is 0 Å². The molecule has 9 heteroatoms. The summed E-state index contributed by atoms with van der Waals surface area (Å²) in [6.07, 6.45) is -0.0804. The van der Waals surface area contributed by atoms with Gasteiger partial charge in [-0.05, 0) is 0 Å². The van der Waals surface area contributed by atoms with Crippen LogP contribution in [0, 0.1) is 17.4 Å². The van der Waals surface area contributed by atoms with Gasteiger partial charge in [-0.1, -0.05) is 50.2 Å². The first-order valence-corrected chi connectivity index (χ1v) is 21.0. The number of hydrogen-bond acceptors (Lipinski definition) is 4. The molecule has 1 fully saturated rings. The molecule has 0 saturated carbocycles. The summed E-state index contributed by atoms with van der Waals surface area (Å²) in [5.41, 5.74) is 8.21. The van der Waals surface area contributed by atoms with Crippen LogP contribution in [0.25, 0.3) is 10.8 Å². The van der Waals surface area contributed by atoms with Crippen LogP contribution in [0.15, 0.2) is 89.9 Å². The van der Waals surface area contributed by atoms with E-state index in [1.54, 1.807) is 6.07 Å². The Hall–Kier alpha value is -1.66. The topological polar surface area (TPSA) is 30.8 Å². The third-order valence-corrected chi connectivity index (χ3v) is 17.4. The van der Waals surface area contributed by atoms with Gasteiger partial charge in [0.15, 0.2) is 0 Å². The van der Waals surface area contributed by atoms with Crippen LogP contribution in [0.1, 0.15) is 37.5 Å². The Kier molecular flexibility index (Phi) is 10.7. The minimum absolute atomic E-state index is 0. The van der Waals surface area contributed by atoms with E-state index >= 15 is 4.39 Å². The minimum atomic E-state index is -0.783. The van der Waals surface area contributed by atoms with Crippen LogP contribution in [0.3, 0.4) is 0 Å². The number of nitrogens with zero attached hydrogens (tertiary/aromatic N) is 1. The van der Waals surface area contributed by atoms with Gasteiger partial charge in [0.2, 0.25) is 0 Å². The molecule has 1 saturated heterocycles. The van der Waals surface area contributed by atoms with Crippen LogP contribution in [-0.4, -0.2) is 49.0 Å². The summed E-state index contributed by atoms with van der Waals surface area (Å²) in [5.74, 6) is 2.78. The molecule has 4 aromatic rings. The summed E-state index contributed by atoms with van der Waals surface area (Å²) >= 11 is 0.712. The molecule has 3 unspecified atom stereocenters. The second kappa shape index (κ2) is 13.8. The Morgan fingerprint density at radius 2 is 1.62 bits per heavy atom. The number of fused-ring (bicyclic) bond motifs is 3. The Morgan fingerprint density at radius 1 is 0.974 bits per heavy atom. The van der Waals surface area contributed by atoms with Crippen molar-refractivity contribution in [1.82, 2.24) is 0 Å². The molecule has 0 spiro atoms. The van der Waals surface area contributed by atoms with E-state index in [1.807, 2.05) is 77.2 Å². The zero-order valence-corrected chi connectivity index (χ0v) is 29.1. The Labute approximate surface area is 256 Å². The fraction of sp³-hybridized carbons (Fsp3) is 0.167.